The molecule has 0 aliphatic heterocycles. The van der Waals surface area contributed by atoms with Gasteiger partial charge in [0, 0.05) is 6.42 Å². The number of ketones is 1. The van der Waals surface area contributed by atoms with Gasteiger partial charge in [-0.25, -0.2) is 0 Å². The lowest BCUT2D eigenvalue weighted by Gasteiger charge is -2.13. The second-order valence-corrected chi connectivity index (χ2v) is 4.09. The van der Waals surface area contributed by atoms with Crippen LogP contribution >= 0.6 is 0 Å². The van der Waals surface area contributed by atoms with Crippen LogP contribution in [0.1, 0.15) is 20.3 Å². The zero-order valence-corrected chi connectivity index (χ0v) is 10.1. The monoisotopic (exact) mass is 228 g/mol. The Kier molecular flexibility index (Phi) is 3.43. The molecule has 0 aromatic heterocycles. The molecule has 17 heavy (non-hydrogen) atoms. The van der Waals surface area contributed by atoms with E-state index in [-0.39, 0.29) is 11.9 Å². The first-order valence-electron chi connectivity index (χ1n) is 5.89. The van der Waals surface area contributed by atoms with Crippen molar-refractivity contribution in [2.24, 2.45) is 0 Å². The van der Waals surface area contributed by atoms with Gasteiger partial charge in [-0.1, -0.05) is 37.3 Å². The molecule has 0 N–H and O–H groups in total. The van der Waals surface area contributed by atoms with E-state index in [2.05, 4.69) is 6.07 Å². The van der Waals surface area contributed by atoms with Crippen LogP contribution in [0.2, 0.25) is 0 Å². The lowest BCUT2D eigenvalue weighted by molar-refractivity contribution is -0.124. The highest BCUT2D eigenvalue weighted by molar-refractivity contribution is 5.85. The van der Waals surface area contributed by atoms with Crippen molar-refractivity contribution in [2.75, 3.05) is 0 Å². The summed E-state index contributed by atoms with van der Waals surface area (Å²) in [4.78, 5) is 11.5. The normalized spacial score (nSPS) is 12.4. The van der Waals surface area contributed by atoms with E-state index in [0.29, 0.717) is 6.42 Å². The molecule has 88 valence electrons. The highest BCUT2D eigenvalue weighted by Gasteiger charge is 2.12. The number of hydrogen-bond acceptors (Lipinski definition) is 2. The van der Waals surface area contributed by atoms with Crippen molar-refractivity contribution < 1.29 is 9.53 Å². The summed E-state index contributed by atoms with van der Waals surface area (Å²) >= 11 is 0. The van der Waals surface area contributed by atoms with Crippen molar-refractivity contribution in [3.05, 3.63) is 42.5 Å². The van der Waals surface area contributed by atoms with Gasteiger partial charge in [-0.05, 0) is 29.8 Å². The minimum atomic E-state index is -0.374. The molecule has 2 aromatic rings. The topological polar surface area (TPSA) is 26.3 Å². The number of hydrogen-bond donors (Lipinski definition) is 0. The van der Waals surface area contributed by atoms with Crippen LogP contribution in [0.4, 0.5) is 0 Å². The van der Waals surface area contributed by atoms with Gasteiger partial charge >= 0.3 is 0 Å². The SMILES string of the molecule is CCC(=O)C(C)Oc1ccc2ccccc2c1. The summed E-state index contributed by atoms with van der Waals surface area (Å²) in [5.41, 5.74) is 0. The Bertz CT molecular complexity index is 531. The summed E-state index contributed by atoms with van der Waals surface area (Å²) in [6.45, 7) is 3.64. The average molecular weight is 228 g/mol. The quantitative estimate of drug-likeness (QED) is 0.799. The zero-order chi connectivity index (χ0) is 12.3. The second-order valence-electron chi connectivity index (χ2n) is 4.09. The van der Waals surface area contributed by atoms with Gasteiger partial charge in [0.25, 0.3) is 0 Å². The van der Waals surface area contributed by atoms with Crippen LogP contribution < -0.4 is 4.74 Å². The van der Waals surface area contributed by atoms with Crippen molar-refractivity contribution in [1.29, 1.82) is 0 Å². The first kappa shape index (κ1) is 11.6. The maximum Gasteiger partial charge on any atom is 0.172 e. The molecule has 0 amide bonds. The van der Waals surface area contributed by atoms with E-state index in [1.165, 1.54) is 5.39 Å². The smallest absolute Gasteiger partial charge is 0.172 e. The zero-order valence-electron chi connectivity index (χ0n) is 10.1. The fourth-order valence-electron chi connectivity index (χ4n) is 1.80. The largest absolute Gasteiger partial charge is 0.483 e. The van der Waals surface area contributed by atoms with E-state index >= 15 is 0 Å². The number of fused-ring (bicyclic) bond motifs is 1. The Morgan fingerprint density at radius 1 is 1.18 bits per heavy atom. The standard InChI is InChI=1S/C15H16O2/c1-3-15(16)11(2)17-14-9-8-12-6-4-5-7-13(12)10-14/h4-11H,3H2,1-2H3. The van der Waals surface area contributed by atoms with Crippen LogP contribution in [0.5, 0.6) is 5.75 Å². The Balaban J connectivity index is 2.22. The van der Waals surface area contributed by atoms with Crippen molar-refractivity contribution in [2.45, 2.75) is 26.4 Å². The van der Waals surface area contributed by atoms with Gasteiger partial charge in [0.1, 0.15) is 5.75 Å². The Morgan fingerprint density at radius 3 is 2.59 bits per heavy atom. The molecule has 1 unspecified atom stereocenters. The third kappa shape index (κ3) is 2.64. The number of ether oxygens (including phenoxy) is 1. The first-order valence-corrected chi connectivity index (χ1v) is 5.89. The minimum absolute atomic E-state index is 0.123. The molecule has 2 aromatic carbocycles. The van der Waals surface area contributed by atoms with Crippen molar-refractivity contribution in [3.8, 4) is 5.75 Å². The van der Waals surface area contributed by atoms with Crippen LogP contribution in [-0.2, 0) is 4.79 Å². The van der Waals surface area contributed by atoms with Gasteiger partial charge in [0.15, 0.2) is 11.9 Å². The molecule has 0 radical (unpaired) electrons. The molecular formula is C15H16O2. The maximum absolute atomic E-state index is 11.5. The van der Waals surface area contributed by atoms with E-state index in [1.54, 1.807) is 6.92 Å². The van der Waals surface area contributed by atoms with Crippen LogP contribution in [0.15, 0.2) is 42.5 Å². The molecule has 0 aliphatic carbocycles. The van der Waals surface area contributed by atoms with Crippen LogP contribution in [0, 0.1) is 0 Å². The number of carbonyl (C=O) groups is 1. The Morgan fingerprint density at radius 2 is 1.88 bits per heavy atom. The van der Waals surface area contributed by atoms with Gasteiger partial charge in [-0.3, -0.25) is 4.79 Å². The maximum atomic E-state index is 11.5. The molecule has 0 spiro atoms. The summed E-state index contributed by atoms with van der Waals surface area (Å²) in [6.07, 6.45) is 0.135. The van der Waals surface area contributed by atoms with Crippen molar-refractivity contribution in [1.82, 2.24) is 0 Å². The highest BCUT2D eigenvalue weighted by atomic mass is 16.5. The third-order valence-corrected chi connectivity index (χ3v) is 2.84. The molecule has 0 bridgehead atoms. The molecule has 0 saturated carbocycles. The molecule has 0 aliphatic rings. The predicted octanol–water partition coefficient (Wildman–Crippen LogP) is 3.59. The molecule has 2 nitrogen and oxygen atoms in total. The summed E-state index contributed by atoms with van der Waals surface area (Å²) < 4.78 is 5.63. The summed E-state index contributed by atoms with van der Waals surface area (Å²) in [5, 5.41) is 2.30. The predicted molar refractivity (Wildman–Crippen MR) is 69.3 cm³/mol. The highest BCUT2D eigenvalue weighted by Crippen LogP contribution is 2.21. The van der Waals surface area contributed by atoms with E-state index in [9.17, 15) is 4.79 Å². The average Bonchev–Trinajstić information content (AvgIpc) is 2.37. The summed E-state index contributed by atoms with van der Waals surface area (Å²) in [7, 11) is 0. The lowest BCUT2D eigenvalue weighted by Crippen LogP contribution is -2.22. The first-order chi connectivity index (χ1) is 8.20. The van der Waals surface area contributed by atoms with Crippen LogP contribution in [0.25, 0.3) is 10.8 Å². The number of carbonyl (C=O) groups excluding carboxylic acids is 1. The van der Waals surface area contributed by atoms with Crippen LogP contribution in [0.3, 0.4) is 0 Å². The molecule has 2 rings (SSSR count). The van der Waals surface area contributed by atoms with E-state index in [4.69, 9.17) is 4.74 Å². The van der Waals surface area contributed by atoms with E-state index in [0.717, 1.165) is 11.1 Å². The number of rotatable bonds is 4. The fraction of sp³-hybridized carbons (Fsp3) is 0.267. The Labute approximate surface area is 101 Å². The molecule has 0 saturated heterocycles. The van der Waals surface area contributed by atoms with Gasteiger partial charge in [0.2, 0.25) is 0 Å². The second kappa shape index (κ2) is 5.00. The van der Waals surface area contributed by atoms with Crippen molar-refractivity contribution in [3.63, 3.8) is 0 Å². The fourth-order valence-corrected chi connectivity index (χ4v) is 1.80. The summed E-state index contributed by atoms with van der Waals surface area (Å²) in [5.74, 6) is 0.871. The van der Waals surface area contributed by atoms with Gasteiger partial charge in [-0.15, -0.1) is 0 Å². The minimum Gasteiger partial charge on any atom is -0.483 e. The Hall–Kier alpha value is -1.83. The molecule has 1 atom stereocenters. The molecule has 2 heteroatoms. The molecule has 0 fully saturated rings. The number of Topliss-reactive ketones (excluding diaryl/α,β-unsaturated/α-hetero) is 1. The number of benzene rings is 2. The molecule has 0 heterocycles. The van der Waals surface area contributed by atoms with Gasteiger partial charge < -0.3 is 4.74 Å². The molecular weight excluding hydrogens is 212 g/mol. The lowest BCUT2D eigenvalue weighted by atomic mass is 10.1. The van der Waals surface area contributed by atoms with E-state index in [1.807, 2.05) is 43.3 Å². The third-order valence-electron chi connectivity index (χ3n) is 2.84. The van der Waals surface area contributed by atoms with Crippen molar-refractivity contribution >= 4 is 16.6 Å². The summed E-state index contributed by atoms with van der Waals surface area (Å²) in [6, 6.07) is 14.0. The van der Waals surface area contributed by atoms with Crippen LogP contribution in [-0.4, -0.2) is 11.9 Å². The van der Waals surface area contributed by atoms with E-state index < -0.39 is 0 Å². The van der Waals surface area contributed by atoms with Gasteiger partial charge in [0.05, 0.1) is 0 Å². The van der Waals surface area contributed by atoms with Gasteiger partial charge in [-0.2, -0.15) is 0 Å².